The van der Waals surface area contributed by atoms with Crippen LogP contribution in [-0.4, -0.2) is 18.3 Å². The van der Waals surface area contributed by atoms with Crippen LogP contribution in [-0.2, 0) is 15.7 Å². The van der Waals surface area contributed by atoms with Gasteiger partial charge in [0.05, 0.1) is 11.2 Å². The molecule has 0 aliphatic carbocycles. The summed E-state index contributed by atoms with van der Waals surface area (Å²) in [5.74, 6) is 0. The Hall–Kier alpha value is -1.06. The van der Waals surface area contributed by atoms with E-state index in [-0.39, 0.29) is 18.3 Å². The van der Waals surface area contributed by atoms with Gasteiger partial charge in [0.1, 0.15) is 0 Å². The topological polar surface area (TPSA) is 18.5 Å². The van der Waals surface area contributed by atoms with E-state index in [9.17, 15) is 0 Å². The van der Waals surface area contributed by atoms with E-state index in [0.717, 1.165) is 6.42 Å². The lowest BCUT2D eigenvalue weighted by Gasteiger charge is -2.32. The molecule has 0 aromatic heterocycles. The van der Waals surface area contributed by atoms with Gasteiger partial charge in [-0.25, -0.2) is 0 Å². The molecule has 1 aliphatic rings. The molecule has 0 radical (unpaired) electrons. The Bertz CT molecular complexity index is 447. The summed E-state index contributed by atoms with van der Waals surface area (Å²) in [6.07, 6.45) is 2.98. The standard InChI is InChI=1S/C16H23BO2/c1-6-14(12-13-10-8-7-9-11-13)17-18-15(2,3)16(4,5)19-17/h6-11H,12H2,1-5H3/b14-6+. The predicted octanol–water partition coefficient (Wildman–Crippen LogP) is 3.81. The van der Waals surface area contributed by atoms with Crippen LogP contribution in [0.5, 0.6) is 0 Å². The Balaban J connectivity index is 2.13. The van der Waals surface area contributed by atoms with Crippen molar-refractivity contribution in [2.45, 2.75) is 52.2 Å². The molecule has 2 rings (SSSR count). The highest BCUT2D eigenvalue weighted by Crippen LogP contribution is 2.38. The Labute approximate surface area is 117 Å². The van der Waals surface area contributed by atoms with Gasteiger partial charge in [0.25, 0.3) is 0 Å². The van der Waals surface area contributed by atoms with E-state index in [2.05, 4.69) is 58.0 Å². The molecule has 0 unspecified atom stereocenters. The number of rotatable bonds is 3. The maximum absolute atomic E-state index is 6.10. The van der Waals surface area contributed by atoms with Gasteiger partial charge in [0, 0.05) is 0 Å². The third kappa shape index (κ3) is 2.93. The lowest BCUT2D eigenvalue weighted by molar-refractivity contribution is 0.00578. The van der Waals surface area contributed by atoms with E-state index in [0.29, 0.717) is 0 Å². The Morgan fingerprint density at radius 2 is 1.58 bits per heavy atom. The molecule has 19 heavy (non-hydrogen) atoms. The van der Waals surface area contributed by atoms with E-state index < -0.39 is 0 Å². The summed E-state index contributed by atoms with van der Waals surface area (Å²) in [6.45, 7) is 10.4. The summed E-state index contributed by atoms with van der Waals surface area (Å²) in [5.41, 5.74) is 1.92. The first-order chi connectivity index (χ1) is 8.86. The van der Waals surface area contributed by atoms with Gasteiger partial charge in [-0.3, -0.25) is 0 Å². The van der Waals surface area contributed by atoms with Crippen molar-refractivity contribution in [3.8, 4) is 0 Å². The monoisotopic (exact) mass is 258 g/mol. The highest BCUT2D eigenvalue weighted by Gasteiger charge is 2.52. The second-order valence-electron chi connectivity index (χ2n) is 6.11. The van der Waals surface area contributed by atoms with Crippen molar-refractivity contribution in [1.29, 1.82) is 0 Å². The third-order valence-electron chi connectivity index (χ3n) is 4.18. The molecule has 1 aliphatic heterocycles. The van der Waals surface area contributed by atoms with Gasteiger partial charge in [-0.2, -0.15) is 0 Å². The molecule has 1 saturated heterocycles. The minimum Gasteiger partial charge on any atom is -0.400 e. The lowest BCUT2D eigenvalue weighted by Crippen LogP contribution is -2.41. The SMILES string of the molecule is C/C=C(\Cc1ccccc1)B1OC(C)(C)C(C)(C)O1. The van der Waals surface area contributed by atoms with Crippen molar-refractivity contribution < 1.29 is 9.31 Å². The fraction of sp³-hybridized carbons (Fsp3) is 0.500. The van der Waals surface area contributed by atoms with Gasteiger partial charge in [-0.1, -0.05) is 36.4 Å². The smallest absolute Gasteiger partial charge is 0.400 e. The molecule has 0 amide bonds. The van der Waals surface area contributed by atoms with Gasteiger partial charge in [-0.15, -0.1) is 0 Å². The molecule has 1 fully saturated rings. The quantitative estimate of drug-likeness (QED) is 0.767. The molecule has 1 aromatic carbocycles. The fourth-order valence-corrected chi connectivity index (χ4v) is 2.15. The van der Waals surface area contributed by atoms with Crippen molar-refractivity contribution in [2.24, 2.45) is 0 Å². The van der Waals surface area contributed by atoms with E-state index in [1.807, 2.05) is 13.0 Å². The first-order valence-electron chi connectivity index (χ1n) is 6.90. The molecule has 0 atom stereocenters. The first kappa shape index (κ1) is 14.4. The summed E-state index contributed by atoms with van der Waals surface area (Å²) in [5, 5.41) is 0. The van der Waals surface area contributed by atoms with Crippen LogP contribution in [0, 0.1) is 0 Å². The van der Waals surface area contributed by atoms with Crippen LogP contribution >= 0.6 is 0 Å². The molecule has 0 N–H and O–H groups in total. The Morgan fingerprint density at radius 1 is 1.05 bits per heavy atom. The van der Waals surface area contributed by atoms with Crippen molar-refractivity contribution in [2.75, 3.05) is 0 Å². The van der Waals surface area contributed by atoms with E-state index >= 15 is 0 Å². The number of hydrogen-bond acceptors (Lipinski definition) is 2. The molecule has 1 heterocycles. The number of allylic oxidation sites excluding steroid dienone is 2. The second-order valence-corrected chi connectivity index (χ2v) is 6.11. The summed E-state index contributed by atoms with van der Waals surface area (Å²) in [4.78, 5) is 0. The van der Waals surface area contributed by atoms with Crippen molar-refractivity contribution in [1.82, 2.24) is 0 Å². The zero-order chi connectivity index (χ0) is 14.1. The maximum Gasteiger partial charge on any atom is 0.490 e. The molecule has 0 bridgehead atoms. The molecular formula is C16H23BO2. The van der Waals surface area contributed by atoms with Crippen LogP contribution in [0.25, 0.3) is 0 Å². The second kappa shape index (κ2) is 5.14. The van der Waals surface area contributed by atoms with Gasteiger partial charge in [-0.05, 0) is 52.1 Å². The molecule has 2 nitrogen and oxygen atoms in total. The zero-order valence-corrected chi connectivity index (χ0v) is 12.6. The first-order valence-corrected chi connectivity index (χ1v) is 6.90. The van der Waals surface area contributed by atoms with Crippen molar-refractivity contribution in [3.63, 3.8) is 0 Å². The van der Waals surface area contributed by atoms with Gasteiger partial charge in [0.15, 0.2) is 0 Å². The number of benzene rings is 1. The molecular weight excluding hydrogens is 235 g/mol. The van der Waals surface area contributed by atoms with Crippen LogP contribution in [0.2, 0.25) is 0 Å². The summed E-state index contributed by atoms with van der Waals surface area (Å²) in [7, 11) is -0.241. The minimum absolute atomic E-state index is 0.241. The highest BCUT2D eigenvalue weighted by atomic mass is 16.7. The fourth-order valence-electron chi connectivity index (χ4n) is 2.15. The van der Waals surface area contributed by atoms with Gasteiger partial charge < -0.3 is 9.31 Å². The molecule has 1 aromatic rings. The molecule has 102 valence electrons. The van der Waals surface area contributed by atoms with Crippen LogP contribution in [0.15, 0.2) is 41.9 Å². The van der Waals surface area contributed by atoms with E-state index in [4.69, 9.17) is 9.31 Å². The third-order valence-corrected chi connectivity index (χ3v) is 4.18. The van der Waals surface area contributed by atoms with Crippen molar-refractivity contribution in [3.05, 3.63) is 47.4 Å². The summed E-state index contributed by atoms with van der Waals surface area (Å²) in [6, 6.07) is 10.4. The number of hydrogen-bond donors (Lipinski definition) is 0. The van der Waals surface area contributed by atoms with Crippen LogP contribution < -0.4 is 0 Å². The van der Waals surface area contributed by atoms with Crippen molar-refractivity contribution >= 4 is 7.12 Å². The normalized spacial score (nSPS) is 21.7. The molecule has 0 saturated carbocycles. The predicted molar refractivity (Wildman–Crippen MR) is 80.0 cm³/mol. The molecule has 3 heteroatoms. The van der Waals surface area contributed by atoms with Crippen LogP contribution in [0.4, 0.5) is 0 Å². The average molecular weight is 258 g/mol. The largest absolute Gasteiger partial charge is 0.490 e. The minimum atomic E-state index is -0.275. The van der Waals surface area contributed by atoms with Crippen LogP contribution in [0.3, 0.4) is 0 Å². The van der Waals surface area contributed by atoms with E-state index in [1.54, 1.807) is 0 Å². The lowest BCUT2D eigenvalue weighted by atomic mass is 9.74. The van der Waals surface area contributed by atoms with Gasteiger partial charge in [0.2, 0.25) is 0 Å². The average Bonchev–Trinajstić information content (AvgIpc) is 2.56. The Morgan fingerprint density at radius 3 is 2.05 bits per heavy atom. The highest BCUT2D eigenvalue weighted by molar-refractivity contribution is 6.54. The summed E-state index contributed by atoms with van der Waals surface area (Å²) >= 11 is 0. The Kier molecular flexibility index (Phi) is 3.89. The zero-order valence-electron chi connectivity index (χ0n) is 12.6. The molecule has 0 spiro atoms. The van der Waals surface area contributed by atoms with Crippen LogP contribution in [0.1, 0.15) is 40.2 Å². The van der Waals surface area contributed by atoms with E-state index in [1.165, 1.54) is 11.0 Å². The maximum atomic E-state index is 6.10. The summed E-state index contributed by atoms with van der Waals surface area (Å²) < 4.78 is 12.2. The van der Waals surface area contributed by atoms with Gasteiger partial charge >= 0.3 is 7.12 Å².